The molecule has 0 aliphatic carbocycles. The predicted molar refractivity (Wildman–Crippen MR) is 106 cm³/mol. The van der Waals surface area contributed by atoms with E-state index < -0.39 is 13.7 Å². The molecule has 0 saturated carbocycles. The van der Waals surface area contributed by atoms with Gasteiger partial charge in [-0.25, -0.2) is 4.57 Å². The molecule has 0 aromatic heterocycles. The van der Waals surface area contributed by atoms with Crippen LogP contribution in [-0.4, -0.2) is 45.3 Å². The van der Waals surface area contributed by atoms with E-state index in [0.717, 1.165) is 16.5 Å². The van der Waals surface area contributed by atoms with Crippen molar-refractivity contribution in [3.63, 3.8) is 0 Å². The molecule has 0 aliphatic heterocycles. The Bertz CT molecular complexity index is 1050. The number of nitrogens with one attached hydrogen (secondary N) is 1. The van der Waals surface area contributed by atoms with Crippen LogP contribution in [0.2, 0.25) is 0 Å². The minimum absolute atomic E-state index is 0. The summed E-state index contributed by atoms with van der Waals surface area (Å²) < 4.78 is 16.1. The molecule has 3 aromatic rings. The van der Waals surface area contributed by atoms with Gasteiger partial charge in [-0.1, -0.05) is 42.0 Å². The van der Waals surface area contributed by atoms with Crippen molar-refractivity contribution in [3.8, 4) is 5.75 Å². The first-order valence-electron chi connectivity index (χ1n) is 7.89. The first kappa shape index (κ1) is 21.6. The van der Waals surface area contributed by atoms with Gasteiger partial charge in [-0.3, -0.25) is 14.6 Å². The van der Waals surface area contributed by atoms with Crippen molar-refractivity contribution in [2.75, 3.05) is 5.32 Å². The van der Waals surface area contributed by atoms with E-state index in [1.54, 1.807) is 24.3 Å². The monoisotopic (exact) mass is 394 g/mol. The molecule has 0 saturated heterocycles. The van der Waals surface area contributed by atoms with Gasteiger partial charge < -0.3 is 9.84 Å². The third-order valence-electron chi connectivity index (χ3n) is 3.94. The Morgan fingerprint density at radius 2 is 1.63 bits per heavy atom. The van der Waals surface area contributed by atoms with Crippen LogP contribution in [-0.2, 0) is 4.57 Å². The topological polar surface area (TPSA) is 95.9 Å². The molecule has 6 nitrogen and oxygen atoms in total. The molecule has 27 heavy (non-hydrogen) atoms. The molecule has 0 aliphatic rings. The molecule has 0 bridgehead atoms. The SMILES string of the molecule is Cc1ccc(NC(=O)c2cc3ccccc3cc2OP(=O)(O)O)c(C)c1.[Na]. The summed E-state index contributed by atoms with van der Waals surface area (Å²) >= 11 is 0. The van der Waals surface area contributed by atoms with Gasteiger partial charge in [0.15, 0.2) is 0 Å². The predicted octanol–water partition coefficient (Wildman–Crippen LogP) is 3.80. The fraction of sp³-hybridized carbons (Fsp3) is 0.105. The Morgan fingerprint density at radius 3 is 2.22 bits per heavy atom. The fourth-order valence-corrected chi connectivity index (χ4v) is 3.15. The van der Waals surface area contributed by atoms with Gasteiger partial charge in [0, 0.05) is 35.2 Å². The average Bonchev–Trinajstić information content (AvgIpc) is 2.55. The molecule has 1 amide bonds. The molecule has 0 spiro atoms. The molecule has 3 rings (SSSR count). The second-order valence-electron chi connectivity index (χ2n) is 6.05. The number of phosphoric ester groups is 1. The Hall–Kier alpha value is -1.66. The quantitative estimate of drug-likeness (QED) is 0.462. The number of hydrogen-bond donors (Lipinski definition) is 3. The van der Waals surface area contributed by atoms with E-state index in [2.05, 4.69) is 5.32 Å². The number of fused-ring (bicyclic) bond motifs is 1. The van der Waals surface area contributed by atoms with Crippen molar-refractivity contribution in [1.29, 1.82) is 0 Å². The maximum atomic E-state index is 12.8. The summed E-state index contributed by atoms with van der Waals surface area (Å²) in [7, 11) is -4.81. The summed E-state index contributed by atoms with van der Waals surface area (Å²) in [5.74, 6) is -0.676. The largest absolute Gasteiger partial charge is 0.524 e. The van der Waals surface area contributed by atoms with Gasteiger partial charge >= 0.3 is 7.82 Å². The summed E-state index contributed by atoms with van der Waals surface area (Å²) in [5, 5.41) is 4.24. The zero-order chi connectivity index (χ0) is 18.9. The van der Waals surface area contributed by atoms with Crippen molar-refractivity contribution in [2.24, 2.45) is 0 Å². The Balaban J connectivity index is 0.00000261. The fourth-order valence-electron chi connectivity index (χ4n) is 2.74. The number of amides is 1. The molecular weight excluding hydrogens is 376 g/mol. The van der Waals surface area contributed by atoms with Crippen molar-refractivity contribution >= 4 is 59.7 Å². The van der Waals surface area contributed by atoms with Crippen molar-refractivity contribution in [1.82, 2.24) is 0 Å². The Labute approximate surface area is 179 Å². The van der Waals surface area contributed by atoms with E-state index >= 15 is 0 Å². The van der Waals surface area contributed by atoms with E-state index in [4.69, 9.17) is 4.52 Å². The minimum atomic E-state index is -4.81. The van der Waals surface area contributed by atoms with Gasteiger partial charge in [-0.2, -0.15) is 0 Å². The average molecular weight is 394 g/mol. The van der Waals surface area contributed by atoms with Crippen LogP contribution >= 0.6 is 7.82 Å². The van der Waals surface area contributed by atoms with E-state index in [9.17, 15) is 19.1 Å². The molecule has 0 heterocycles. The molecule has 0 atom stereocenters. The number of hydrogen-bond acceptors (Lipinski definition) is 3. The zero-order valence-electron chi connectivity index (χ0n) is 15.3. The smallest absolute Gasteiger partial charge is 0.403 e. The summed E-state index contributed by atoms with van der Waals surface area (Å²) in [4.78, 5) is 31.1. The zero-order valence-corrected chi connectivity index (χ0v) is 18.2. The van der Waals surface area contributed by atoms with Crippen molar-refractivity contribution in [3.05, 3.63) is 71.3 Å². The van der Waals surface area contributed by atoms with Crippen LogP contribution in [0.25, 0.3) is 10.8 Å². The normalized spacial score (nSPS) is 11.0. The Morgan fingerprint density at radius 1 is 1.00 bits per heavy atom. The van der Waals surface area contributed by atoms with E-state index in [1.165, 1.54) is 6.07 Å². The van der Waals surface area contributed by atoms with Gasteiger partial charge in [0.2, 0.25) is 0 Å². The minimum Gasteiger partial charge on any atom is -0.403 e. The number of carbonyl (C=O) groups is 1. The first-order valence-corrected chi connectivity index (χ1v) is 9.42. The summed E-state index contributed by atoms with van der Waals surface area (Å²) in [6, 6.07) is 15.8. The first-order chi connectivity index (χ1) is 12.2. The summed E-state index contributed by atoms with van der Waals surface area (Å²) in [6.07, 6.45) is 0. The van der Waals surface area contributed by atoms with Gasteiger partial charge in [0.1, 0.15) is 5.75 Å². The van der Waals surface area contributed by atoms with Crippen LogP contribution in [0.3, 0.4) is 0 Å². The standard InChI is InChI=1S/C19H18NO5P.Na/c1-12-7-8-17(13(2)9-12)20-19(21)16-10-14-5-3-4-6-15(14)11-18(16)25-26(22,23)24;/h3-11H,1-2H3,(H,20,21)(H2,22,23,24);. The van der Waals surface area contributed by atoms with E-state index in [0.29, 0.717) is 11.1 Å². The van der Waals surface area contributed by atoms with Crippen LogP contribution in [0.5, 0.6) is 5.75 Å². The number of aryl methyl sites for hydroxylation is 2. The molecule has 8 heteroatoms. The van der Waals surface area contributed by atoms with Gasteiger partial charge in [0.25, 0.3) is 5.91 Å². The summed E-state index contributed by atoms with van der Waals surface area (Å²) in [6.45, 7) is 3.82. The third kappa shape index (κ3) is 5.42. The molecule has 135 valence electrons. The summed E-state index contributed by atoms with van der Waals surface area (Å²) in [5.41, 5.74) is 2.62. The number of phosphoric acid groups is 1. The van der Waals surface area contributed by atoms with Crippen LogP contribution in [0, 0.1) is 13.8 Å². The molecule has 3 aromatic carbocycles. The number of benzene rings is 3. The second kappa shape index (κ2) is 8.57. The molecule has 3 N–H and O–H groups in total. The van der Waals surface area contributed by atoms with Gasteiger partial charge in [-0.05, 0) is 48.4 Å². The molecule has 0 unspecified atom stereocenters. The van der Waals surface area contributed by atoms with Crippen LogP contribution in [0.1, 0.15) is 21.5 Å². The van der Waals surface area contributed by atoms with Crippen molar-refractivity contribution in [2.45, 2.75) is 13.8 Å². The van der Waals surface area contributed by atoms with Gasteiger partial charge in [0.05, 0.1) is 5.56 Å². The van der Waals surface area contributed by atoms with Crippen LogP contribution in [0.4, 0.5) is 5.69 Å². The maximum absolute atomic E-state index is 12.8. The van der Waals surface area contributed by atoms with E-state index in [-0.39, 0.29) is 40.9 Å². The maximum Gasteiger partial charge on any atom is 0.524 e. The molecular formula is C19H18NNaO5P. The van der Waals surface area contributed by atoms with Gasteiger partial charge in [-0.15, -0.1) is 0 Å². The second-order valence-corrected chi connectivity index (χ2v) is 7.21. The number of carbonyl (C=O) groups excluding carboxylic acids is 1. The third-order valence-corrected chi connectivity index (χ3v) is 4.37. The van der Waals surface area contributed by atoms with Crippen LogP contribution < -0.4 is 9.84 Å². The Kier molecular flexibility index (Phi) is 6.87. The number of rotatable bonds is 4. The number of anilines is 1. The molecule has 0 fully saturated rings. The van der Waals surface area contributed by atoms with Crippen molar-refractivity contribution < 1.29 is 23.7 Å². The van der Waals surface area contributed by atoms with E-state index in [1.807, 2.05) is 38.1 Å². The van der Waals surface area contributed by atoms with Crippen LogP contribution in [0.15, 0.2) is 54.6 Å². The molecule has 1 radical (unpaired) electrons.